The zero-order valence-electron chi connectivity index (χ0n) is 24.0. The predicted octanol–water partition coefficient (Wildman–Crippen LogP) is 3.57. The molecule has 2 N–H and O–H groups in total. The predicted molar refractivity (Wildman–Crippen MR) is 151 cm³/mol. The first-order valence-corrected chi connectivity index (χ1v) is 13.8. The van der Waals surface area contributed by atoms with Crippen LogP contribution in [0.5, 0.6) is 0 Å². The van der Waals surface area contributed by atoms with Gasteiger partial charge in [0, 0.05) is 50.7 Å². The standard InChI is InChI=1S/C30H42N4O5/c1-19-13-23(17-33(6)28(19)36)27-32-24-14-22(7-8-25(24)34(27)16-21-9-11-38-12-10-21)15-31-26(20(2)35)29(37)39-18-30(3,4)5/h7-8,13-14,17,20-21,26,31,35H,9-12,15-16,18H2,1-6H3/t20-,26+/m1/s1. The summed E-state index contributed by atoms with van der Waals surface area (Å²) < 4.78 is 14.9. The smallest absolute Gasteiger partial charge is 0.325 e. The summed E-state index contributed by atoms with van der Waals surface area (Å²) in [4.78, 5) is 30.0. The van der Waals surface area contributed by atoms with Crippen LogP contribution in [0.15, 0.2) is 35.3 Å². The fourth-order valence-corrected chi connectivity index (χ4v) is 4.93. The molecule has 3 heterocycles. The molecule has 39 heavy (non-hydrogen) atoms. The van der Waals surface area contributed by atoms with Gasteiger partial charge in [-0.25, -0.2) is 4.98 Å². The molecule has 1 aliphatic heterocycles. The second-order valence-corrected chi connectivity index (χ2v) is 12.0. The summed E-state index contributed by atoms with van der Waals surface area (Å²) in [6.07, 6.45) is 2.94. The maximum Gasteiger partial charge on any atom is 0.325 e. The van der Waals surface area contributed by atoms with Crippen LogP contribution in [0.3, 0.4) is 0 Å². The van der Waals surface area contributed by atoms with Crippen LogP contribution in [0.25, 0.3) is 22.4 Å². The number of esters is 1. The van der Waals surface area contributed by atoms with Crippen LogP contribution < -0.4 is 10.9 Å². The van der Waals surface area contributed by atoms with Crippen molar-refractivity contribution >= 4 is 17.0 Å². The number of imidazole rings is 1. The Kier molecular flexibility index (Phi) is 8.93. The second kappa shape index (κ2) is 12.0. The molecule has 1 fully saturated rings. The Labute approximate surface area is 230 Å². The van der Waals surface area contributed by atoms with E-state index < -0.39 is 18.1 Å². The van der Waals surface area contributed by atoms with Crippen LogP contribution in [0.1, 0.15) is 51.7 Å². The number of fused-ring (bicyclic) bond motifs is 1. The summed E-state index contributed by atoms with van der Waals surface area (Å²) in [7, 11) is 1.76. The molecule has 1 aromatic carbocycles. The number of aromatic nitrogens is 3. The van der Waals surface area contributed by atoms with Gasteiger partial charge in [0.2, 0.25) is 0 Å². The maximum atomic E-state index is 12.6. The van der Waals surface area contributed by atoms with E-state index in [1.54, 1.807) is 18.5 Å². The number of ether oxygens (including phenoxy) is 2. The van der Waals surface area contributed by atoms with Crippen LogP contribution in [-0.2, 0) is 34.4 Å². The summed E-state index contributed by atoms with van der Waals surface area (Å²) in [6.45, 7) is 12.4. The minimum Gasteiger partial charge on any atom is -0.464 e. The van der Waals surface area contributed by atoms with E-state index in [1.807, 2.05) is 52.1 Å². The van der Waals surface area contributed by atoms with Crippen LogP contribution >= 0.6 is 0 Å². The average molecular weight is 539 g/mol. The number of aryl methyl sites for hydroxylation is 2. The highest BCUT2D eigenvalue weighted by molar-refractivity contribution is 5.81. The fraction of sp³-hybridized carbons (Fsp3) is 0.567. The lowest BCUT2D eigenvalue weighted by Crippen LogP contribution is -2.46. The van der Waals surface area contributed by atoms with Crippen LogP contribution in [0.2, 0.25) is 0 Å². The Morgan fingerprint density at radius 2 is 1.97 bits per heavy atom. The van der Waals surface area contributed by atoms with Crippen LogP contribution in [0.4, 0.5) is 0 Å². The monoisotopic (exact) mass is 538 g/mol. The lowest BCUT2D eigenvalue weighted by Gasteiger charge is -2.24. The Balaban J connectivity index is 1.62. The number of hydrogen-bond acceptors (Lipinski definition) is 7. The van der Waals surface area contributed by atoms with Crippen molar-refractivity contribution in [2.45, 2.75) is 72.7 Å². The van der Waals surface area contributed by atoms with E-state index in [0.717, 1.165) is 60.6 Å². The summed E-state index contributed by atoms with van der Waals surface area (Å²) in [5.74, 6) is 0.845. The third-order valence-electron chi connectivity index (χ3n) is 7.12. The topological polar surface area (TPSA) is 108 Å². The number of benzene rings is 1. The molecule has 1 aliphatic rings. The largest absolute Gasteiger partial charge is 0.464 e. The summed E-state index contributed by atoms with van der Waals surface area (Å²) in [5, 5.41) is 13.4. The van der Waals surface area contributed by atoms with Gasteiger partial charge in [0.25, 0.3) is 5.56 Å². The Morgan fingerprint density at radius 1 is 1.26 bits per heavy atom. The number of carbonyl (C=O) groups excluding carboxylic acids is 1. The van der Waals surface area contributed by atoms with Crippen molar-refractivity contribution in [3.63, 3.8) is 0 Å². The van der Waals surface area contributed by atoms with Crippen molar-refractivity contribution in [1.82, 2.24) is 19.4 Å². The van der Waals surface area contributed by atoms with Gasteiger partial charge in [-0.15, -0.1) is 0 Å². The normalized spacial score (nSPS) is 16.4. The number of hydrogen-bond donors (Lipinski definition) is 2. The van der Waals surface area contributed by atoms with Gasteiger partial charge >= 0.3 is 5.97 Å². The quantitative estimate of drug-likeness (QED) is 0.401. The molecule has 2 aromatic heterocycles. The number of pyridine rings is 1. The minimum atomic E-state index is -0.903. The molecule has 0 amide bonds. The van der Waals surface area contributed by atoms with Crippen molar-refractivity contribution in [2.24, 2.45) is 18.4 Å². The van der Waals surface area contributed by atoms with E-state index in [0.29, 0.717) is 18.0 Å². The molecule has 0 bridgehead atoms. The van der Waals surface area contributed by atoms with Crippen molar-refractivity contribution in [2.75, 3.05) is 19.8 Å². The van der Waals surface area contributed by atoms with Gasteiger partial charge in [-0.2, -0.15) is 0 Å². The Hall–Kier alpha value is -3.01. The van der Waals surface area contributed by atoms with Crippen LogP contribution in [0, 0.1) is 18.3 Å². The number of aliphatic hydroxyl groups is 1. The number of aliphatic hydroxyl groups excluding tert-OH is 1. The van der Waals surface area contributed by atoms with Crippen molar-refractivity contribution in [3.05, 3.63) is 51.9 Å². The second-order valence-electron chi connectivity index (χ2n) is 12.0. The first-order valence-electron chi connectivity index (χ1n) is 13.8. The fourth-order valence-electron chi connectivity index (χ4n) is 4.93. The van der Waals surface area contributed by atoms with E-state index in [1.165, 1.54) is 0 Å². The first-order chi connectivity index (χ1) is 18.4. The van der Waals surface area contributed by atoms with E-state index in [4.69, 9.17) is 14.5 Å². The van der Waals surface area contributed by atoms with E-state index >= 15 is 0 Å². The molecule has 0 saturated carbocycles. The van der Waals surface area contributed by atoms with E-state index in [9.17, 15) is 14.7 Å². The third-order valence-corrected chi connectivity index (χ3v) is 7.12. The Morgan fingerprint density at radius 3 is 2.62 bits per heavy atom. The highest BCUT2D eigenvalue weighted by Gasteiger charge is 2.27. The highest BCUT2D eigenvalue weighted by Crippen LogP contribution is 2.29. The molecular weight excluding hydrogens is 496 g/mol. The number of nitrogens with one attached hydrogen (secondary N) is 1. The molecule has 0 radical (unpaired) electrons. The Bertz CT molecular complexity index is 1340. The minimum absolute atomic E-state index is 0.0205. The molecule has 3 aromatic rings. The van der Waals surface area contributed by atoms with Gasteiger partial charge in [-0.3, -0.25) is 14.9 Å². The van der Waals surface area contributed by atoms with Crippen molar-refractivity contribution in [1.29, 1.82) is 0 Å². The number of nitrogens with zero attached hydrogens (tertiary/aromatic N) is 3. The lowest BCUT2D eigenvalue weighted by molar-refractivity contribution is -0.151. The van der Waals surface area contributed by atoms with E-state index in [2.05, 4.69) is 16.0 Å². The van der Waals surface area contributed by atoms with Gasteiger partial charge in [-0.1, -0.05) is 26.8 Å². The summed E-state index contributed by atoms with van der Waals surface area (Å²) in [5.41, 5.74) is 4.19. The third kappa shape index (κ3) is 7.15. The lowest BCUT2D eigenvalue weighted by atomic mass is 9.98. The molecule has 212 valence electrons. The molecular formula is C30H42N4O5. The van der Waals surface area contributed by atoms with Gasteiger partial charge < -0.3 is 23.7 Å². The van der Waals surface area contributed by atoms with Gasteiger partial charge in [-0.05, 0) is 61.8 Å². The summed E-state index contributed by atoms with van der Waals surface area (Å²) >= 11 is 0. The molecule has 9 heteroatoms. The summed E-state index contributed by atoms with van der Waals surface area (Å²) in [6, 6.07) is 7.17. The van der Waals surface area contributed by atoms with Gasteiger partial charge in [0.1, 0.15) is 11.9 Å². The average Bonchev–Trinajstić information content (AvgIpc) is 3.23. The first kappa shape index (κ1) is 29.0. The number of rotatable bonds is 9. The van der Waals surface area contributed by atoms with Gasteiger partial charge in [0.05, 0.1) is 23.7 Å². The molecule has 1 saturated heterocycles. The zero-order chi connectivity index (χ0) is 28.3. The van der Waals surface area contributed by atoms with Gasteiger partial charge in [0.15, 0.2) is 0 Å². The molecule has 0 aliphatic carbocycles. The molecule has 4 rings (SSSR count). The van der Waals surface area contributed by atoms with Crippen molar-refractivity contribution in [3.8, 4) is 11.4 Å². The number of carbonyl (C=O) groups is 1. The molecule has 0 unspecified atom stereocenters. The highest BCUT2D eigenvalue weighted by atomic mass is 16.5. The maximum absolute atomic E-state index is 12.6. The molecule has 0 spiro atoms. The SMILES string of the molecule is Cc1cc(-c2nc3cc(CN[C@H](C(=O)OCC(C)(C)C)[C@@H](C)O)ccc3n2CC2CCOCC2)cn(C)c1=O. The molecule has 9 nitrogen and oxygen atoms in total. The zero-order valence-corrected chi connectivity index (χ0v) is 24.0. The van der Waals surface area contributed by atoms with E-state index in [-0.39, 0.29) is 17.6 Å². The molecule has 2 atom stereocenters. The van der Waals surface area contributed by atoms with Crippen molar-refractivity contribution < 1.29 is 19.4 Å². The van der Waals surface area contributed by atoms with Crippen LogP contribution in [-0.4, -0.2) is 57.2 Å².